The molecule has 8 aromatic rings. The molecular weight excluding hydrogens is 1820 g/mol. The molecule has 3 aromatic heterocycles. The molecule has 4 heterocycles. The van der Waals surface area contributed by atoms with Gasteiger partial charge in [-0.1, -0.05) is 54.6 Å². The molecule has 122 heavy (non-hydrogen) atoms. The van der Waals surface area contributed by atoms with E-state index < -0.39 is 11.9 Å². The number of pyridine rings is 3. The molecule has 37 heteroatoms. The minimum absolute atomic E-state index is 0.0155. The molecular formula is C85H106Br3ClN4O29. The van der Waals surface area contributed by atoms with Crippen LogP contribution >= 0.6 is 59.4 Å². The highest BCUT2D eigenvalue weighted by Crippen LogP contribution is 2.25. The van der Waals surface area contributed by atoms with Crippen LogP contribution in [0, 0.1) is 6.92 Å². The predicted octanol–water partition coefficient (Wildman–Crippen LogP) is 10.6. The minimum Gasteiger partial charge on any atom is -0.497 e. The van der Waals surface area contributed by atoms with Gasteiger partial charge in [-0.05, 0) is 167 Å². The van der Waals surface area contributed by atoms with E-state index in [1.807, 2.05) is 0 Å². The molecule has 0 spiro atoms. The number of aryl methyl sites for hydroxylation is 1. The number of amides is 1. The fourth-order valence-electron chi connectivity index (χ4n) is 10.3. The maximum Gasteiger partial charge on any atom is 0.335 e. The first-order chi connectivity index (χ1) is 58.4. The number of methoxy groups -OCH3 is 4. The van der Waals surface area contributed by atoms with Crippen LogP contribution < -0.4 is 14.2 Å². The van der Waals surface area contributed by atoms with Crippen molar-refractivity contribution in [2.24, 2.45) is 0 Å². The fraction of sp³-hybridized carbons (Fsp3) is 0.365. The number of Topliss-reactive ketones (excluding diaryl/α,β-unsaturated/α-hetero) is 6. The number of aliphatic hydroxyl groups is 11. The second-order valence-corrected chi connectivity index (χ2v) is 27.3. The first-order valence-corrected chi connectivity index (χ1v) is 39.8. The smallest absolute Gasteiger partial charge is 0.335 e. The van der Waals surface area contributed by atoms with Crippen LogP contribution in [-0.2, 0) is 90.0 Å². The number of carbonyl (C=O) groups excluding carboxylic acids is 8. The van der Waals surface area contributed by atoms with Crippen molar-refractivity contribution in [1.29, 1.82) is 0 Å². The van der Waals surface area contributed by atoms with Gasteiger partial charge in [-0.2, -0.15) is 0 Å². The number of esters is 1. The van der Waals surface area contributed by atoms with Crippen LogP contribution in [0.4, 0.5) is 0 Å². The van der Waals surface area contributed by atoms with Crippen LogP contribution in [0.1, 0.15) is 199 Å². The number of ether oxygens (including phenoxy) is 5. The maximum absolute atomic E-state index is 12.3. The Balaban J connectivity index is 0.00000143. The molecule has 1 aliphatic rings. The molecule has 0 aliphatic carbocycles. The summed E-state index contributed by atoms with van der Waals surface area (Å²) in [5.74, 6) is -1.57. The highest BCUT2D eigenvalue weighted by atomic mass is 79.9. The Morgan fingerprint density at radius 1 is 0.418 bits per heavy atom. The number of hydrogen-bond donors (Lipinski definition) is 14. The molecule has 1 aliphatic heterocycles. The highest BCUT2D eigenvalue weighted by Gasteiger charge is 2.20. The van der Waals surface area contributed by atoms with Gasteiger partial charge in [0.25, 0.3) is 0 Å². The summed E-state index contributed by atoms with van der Waals surface area (Å²) < 4.78 is 26.7. The normalized spacial score (nSPS) is 11.1. The molecule has 668 valence electrons. The van der Waals surface area contributed by atoms with E-state index in [1.54, 1.807) is 105 Å². The molecule has 9 rings (SSSR count). The maximum atomic E-state index is 12.3. The van der Waals surface area contributed by atoms with Crippen molar-refractivity contribution >= 4 is 112 Å². The van der Waals surface area contributed by atoms with Gasteiger partial charge in [-0.15, -0.1) is 11.6 Å². The van der Waals surface area contributed by atoms with Gasteiger partial charge in [-0.25, -0.2) is 24.8 Å². The van der Waals surface area contributed by atoms with Gasteiger partial charge in [0.1, 0.15) is 48.9 Å². The van der Waals surface area contributed by atoms with Gasteiger partial charge in [-0.3, -0.25) is 53.7 Å². The monoisotopic (exact) mass is 1920 g/mol. The largest absolute Gasteiger partial charge is 0.497 e. The quantitative estimate of drug-likeness (QED) is 0.00354. The van der Waals surface area contributed by atoms with E-state index in [0.717, 1.165) is 33.7 Å². The number of carbonyl (C=O) groups is 9. The number of aliphatic hydroxyl groups excluding tert-OH is 11. The number of benzene rings is 5. The molecule has 33 nitrogen and oxygen atoms in total. The summed E-state index contributed by atoms with van der Waals surface area (Å²) in [6.45, 7) is 2.55. The Morgan fingerprint density at radius 2 is 0.713 bits per heavy atom. The lowest BCUT2D eigenvalue weighted by Crippen LogP contribution is -2.25. The van der Waals surface area contributed by atoms with E-state index in [-0.39, 0.29) is 169 Å². The van der Waals surface area contributed by atoms with E-state index in [2.05, 4.69) is 86.0 Å². The average Bonchev–Trinajstić information content (AvgIpc) is 0.931. The number of hydrogen-bond acceptors (Lipinski definition) is 31. The lowest BCUT2D eigenvalue weighted by atomic mass is 9.99. The Bertz CT molecular complexity index is 4440. The van der Waals surface area contributed by atoms with Crippen LogP contribution in [0.5, 0.6) is 17.2 Å². The molecule has 5 aromatic carbocycles. The number of ketones is 6. The van der Waals surface area contributed by atoms with Crippen LogP contribution in [-0.4, -0.2) is 213 Å². The molecule has 1 fully saturated rings. The number of rotatable bonds is 32. The molecule has 1 atom stereocenters. The van der Waals surface area contributed by atoms with Crippen LogP contribution in [0.15, 0.2) is 141 Å². The number of nitrogens with zero attached hydrogens (tertiary/aromatic N) is 4. The number of aromatic nitrogens is 3. The van der Waals surface area contributed by atoms with E-state index >= 15 is 0 Å². The van der Waals surface area contributed by atoms with Gasteiger partial charge >= 0.3 is 11.9 Å². The summed E-state index contributed by atoms with van der Waals surface area (Å²) in [5, 5.41) is 120. The molecule has 0 bridgehead atoms. The van der Waals surface area contributed by atoms with E-state index in [0.29, 0.717) is 106 Å². The molecule has 0 saturated carbocycles. The van der Waals surface area contributed by atoms with Gasteiger partial charge in [0.05, 0.1) is 113 Å². The SMILES string of the molecule is CC1CCCO1.CCl.CO.COC(=O)CC(=O)c1ccc(CO)c(CO)c1.CON(C)C(=O)CCC(=O)c1ccc(CO)c(CO)c1.COc1cc(Br)nc(Br)c1.COc1cc(Br)nc(C(=O)CCC(=O)c2ccc(CO)c(CO)c2)c1.COc1cc(C)nc(C(=O)CCC(=O)c2ccc(CO)c(CO)c2)c1.O=C(O)c1ccc(CO)c(CO)c1.OO. The molecule has 0 radical (unpaired) electrons. The van der Waals surface area contributed by atoms with Gasteiger partial charge in [0, 0.05) is 130 Å². The lowest BCUT2D eigenvalue weighted by Gasteiger charge is -2.13. The van der Waals surface area contributed by atoms with E-state index in [9.17, 15) is 68.7 Å². The second kappa shape index (κ2) is 64.3. The Morgan fingerprint density at radius 3 is 1.01 bits per heavy atom. The average molecular weight is 1920 g/mol. The molecule has 1 unspecified atom stereocenters. The van der Waals surface area contributed by atoms with Crippen molar-refractivity contribution in [3.63, 3.8) is 0 Å². The Labute approximate surface area is 736 Å². The molecule has 1 amide bonds. The fourth-order valence-corrected chi connectivity index (χ4v) is 11.8. The topological polar surface area (TPSA) is 534 Å². The summed E-state index contributed by atoms with van der Waals surface area (Å²) >= 11 is 14.3. The lowest BCUT2D eigenvalue weighted by molar-refractivity contribution is -0.176. The first kappa shape index (κ1) is 113. The first-order valence-electron chi connectivity index (χ1n) is 36.6. The van der Waals surface area contributed by atoms with Crippen molar-refractivity contribution in [1.82, 2.24) is 20.0 Å². The third-order valence-corrected chi connectivity index (χ3v) is 18.2. The Hall–Kier alpha value is -9.49. The summed E-state index contributed by atoms with van der Waals surface area (Å²) in [6, 6.07) is 33.0. The summed E-state index contributed by atoms with van der Waals surface area (Å²) in [5.41, 5.74) is 8.09. The third-order valence-electron chi connectivity index (χ3n) is 17.0. The van der Waals surface area contributed by atoms with Gasteiger partial charge < -0.3 is 85.0 Å². The summed E-state index contributed by atoms with van der Waals surface area (Å²) in [4.78, 5) is 123. The number of carboxylic acid groups (broad SMARTS) is 1. The number of halogens is 4. The van der Waals surface area contributed by atoms with E-state index in [1.165, 1.54) is 91.1 Å². The second-order valence-electron chi connectivity index (χ2n) is 24.9. The summed E-state index contributed by atoms with van der Waals surface area (Å²) in [6.07, 6.45) is 4.45. The van der Waals surface area contributed by atoms with Crippen molar-refractivity contribution in [2.45, 2.75) is 144 Å². The number of aromatic carboxylic acids is 1. The van der Waals surface area contributed by atoms with Crippen LogP contribution in [0.2, 0.25) is 0 Å². The predicted molar refractivity (Wildman–Crippen MR) is 459 cm³/mol. The van der Waals surface area contributed by atoms with Gasteiger partial charge in [0.2, 0.25) is 5.91 Å². The van der Waals surface area contributed by atoms with Crippen molar-refractivity contribution < 1.29 is 143 Å². The number of carboxylic acids is 1. The zero-order valence-electron chi connectivity index (χ0n) is 69.0. The summed E-state index contributed by atoms with van der Waals surface area (Å²) in [7, 11) is 9.70. The molecule has 14 N–H and O–H groups in total. The van der Waals surface area contributed by atoms with Crippen molar-refractivity contribution in [3.8, 4) is 17.2 Å². The van der Waals surface area contributed by atoms with Crippen LogP contribution in [0.3, 0.4) is 0 Å². The van der Waals surface area contributed by atoms with Crippen LogP contribution in [0.25, 0.3) is 0 Å². The number of hydroxylamine groups is 2. The zero-order valence-corrected chi connectivity index (χ0v) is 74.5. The van der Waals surface area contributed by atoms with Gasteiger partial charge in [0.15, 0.2) is 34.7 Å². The minimum atomic E-state index is -1.04. The van der Waals surface area contributed by atoms with E-state index in [4.69, 9.17) is 70.0 Å². The van der Waals surface area contributed by atoms with Crippen molar-refractivity contribution in [2.75, 3.05) is 62.7 Å². The third kappa shape index (κ3) is 41.1. The number of alkyl halides is 1. The van der Waals surface area contributed by atoms with Crippen molar-refractivity contribution in [3.05, 3.63) is 242 Å². The molecule has 1 saturated heterocycles. The zero-order chi connectivity index (χ0) is 92.6. The Kier molecular flexibility index (Phi) is 59.3. The highest BCUT2D eigenvalue weighted by molar-refractivity contribution is 9.11. The standard InChI is InChI=1S/C19H21NO5.C18H18BrNO5.C14H19NO5.C12H14O5.C9H10O4.C6H5Br2NO.C5H10O.CH3Cl.CH4O.H2O2/c1-12-7-16(25-2)9-17(20-12)19(24)6-5-18(23)13-3-4-14(10-21)15(8-13)11-22;1-25-14-7-15(20-18(19)8-14)17(24)5-4-16(23)11-2-3-12(9-21)13(6-11)10-22;1-15(20-2)14(19)6-5-13(18)10-3-4-11(8-16)12(7-10)9-17;1-17-12(16)5-11(15)8-2-3-9(6-13)10(4-8)7-14;10-4-7-2-1-6(9(12)13)3-8(7)5-11;1-10-4-2-5(7)9-6(8)3-4;1-5-3-2-4-6-5;3*1-2/h3-4,7-9,21-22H,5-6,10-11H2,1-2H3;2-3,6-8,21-22H,4-5,9-10H2,1H3;3-4,7,16-17H,5-6,8-9H2,1-2H3;2-4,13-14H,5-7H2,1H3;1-3,10-11H,4-5H2,(H,12,13);2-3H,1H3;5H,2-4H2,1H3;1H3;2H,1H3;1-2H.